The van der Waals surface area contributed by atoms with Gasteiger partial charge in [-0.05, 0) is 31.5 Å². The summed E-state index contributed by atoms with van der Waals surface area (Å²) in [7, 11) is -1.01. The van der Waals surface area contributed by atoms with Crippen molar-refractivity contribution in [3.8, 4) is 0 Å². The van der Waals surface area contributed by atoms with E-state index in [1.165, 1.54) is 45.3 Å². The molecule has 0 bridgehead atoms. The SMILES string of the molecule is CC/C=C/C(=O)O[C@@H](C)C(=O)Nc1ccc(Cl)c(S(=O)(=O)N(C)C)c1. The fraction of sp³-hybridized carbons (Fsp3) is 0.375. The van der Waals surface area contributed by atoms with Gasteiger partial charge in [0.25, 0.3) is 5.91 Å². The maximum absolute atomic E-state index is 12.2. The van der Waals surface area contributed by atoms with E-state index in [0.29, 0.717) is 6.42 Å². The van der Waals surface area contributed by atoms with Gasteiger partial charge in [-0.2, -0.15) is 0 Å². The predicted octanol–water partition coefficient (Wildman–Crippen LogP) is 2.43. The van der Waals surface area contributed by atoms with Crippen LogP contribution in [0.1, 0.15) is 20.3 Å². The Labute approximate surface area is 152 Å². The number of esters is 1. The average molecular weight is 389 g/mol. The summed E-state index contributed by atoms with van der Waals surface area (Å²) >= 11 is 5.95. The van der Waals surface area contributed by atoms with Crippen molar-refractivity contribution in [3.63, 3.8) is 0 Å². The van der Waals surface area contributed by atoms with Gasteiger partial charge >= 0.3 is 5.97 Å². The first-order chi connectivity index (χ1) is 11.6. The topological polar surface area (TPSA) is 92.8 Å². The van der Waals surface area contributed by atoms with Crippen LogP contribution in [0.2, 0.25) is 5.02 Å². The van der Waals surface area contributed by atoms with E-state index in [2.05, 4.69) is 5.32 Å². The molecule has 0 aliphatic rings. The van der Waals surface area contributed by atoms with E-state index >= 15 is 0 Å². The lowest BCUT2D eigenvalue weighted by molar-refractivity contribution is -0.148. The summed E-state index contributed by atoms with van der Waals surface area (Å²) in [5.41, 5.74) is 0.224. The molecule has 0 heterocycles. The van der Waals surface area contributed by atoms with Crippen molar-refractivity contribution in [2.75, 3.05) is 19.4 Å². The third kappa shape index (κ3) is 5.84. The van der Waals surface area contributed by atoms with Crippen LogP contribution in [0.4, 0.5) is 5.69 Å². The van der Waals surface area contributed by atoms with E-state index in [4.69, 9.17) is 16.3 Å². The molecule has 1 rings (SSSR count). The van der Waals surface area contributed by atoms with Gasteiger partial charge in [-0.25, -0.2) is 17.5 Å². The smallest absolute Gasteiger partial charge is 0.331 e. The number of carbonyl (C=O) groups is 2. The number of ether oxygens (including phenoxy) is 1. The number of benzene rings is 1. The molecule has 0 spiro atoms. The number of nitrogens with one attached hydrogen (secondary N) is 1. The number of carbonyl (C=O) groups excluding carboxylic acids is 2. The summed E-state index contributed by atoms with van der Waals surface area (Å²) in [6.07, 6.45) is 2.49. The lowest BCUT2D eigenvalue weighted by Gasteiger charge is -2.15. The number of nitrogens with zero attached hydrogens (tertiary/aromatic N) is 1. The first-order valence-electron chi connectivity index (χ1n) is 7.49. The number of halogens is 1. The second kappa shape index (κ2) is 8.98. The Bertz CT molecular complexity index is 775. The van der Waals surface area contributed by atoms with Crippen molar-refractivity contribution in [2.45, 2.75) is 31.3 Å². The highest BCUT2D eigenvalue weighted by atomic mass is 35.5. The molecule has 0 fully saturated rings. The maximum atomic E-state index is 12.2. The average Bonchev–Trinajstić information content (AvgIpc) is 2.54. The minimum Gasteiger partial charge on any atom is -0.449 e. The van der Waals surface area contributed by atoms with E-state index in [1.807, 2.05) is 6.92 Å². The lowest BCUT2D eigenvalue weighted by Crippen LogP contribution is -2.29. The molecule has 9 heteroatoms. The summed E-state index contributed by atoms with van der Waals surface area (Å²) in [5, 5.41) is 2.54. The maximum Gasteiger partial charge on any atom is 0.331 e. The van der Waals surface area contributed by atoms with Crippen LogP contribution in [-0.4, -0.2) is 44.8 Å². The first kappa shape index (κ1) is 21.1. The number of allylic oxidation sites excluding steroid dienone is 1. The lowest BCUT2D eigenvalue weighted by atomic mass is 10.3. The Kier molecular flexibility index (Phi) is 7.60. The van der Waals surface area contributed by atoms with Crippen LogP contribution in [0.25, 0.3) is 0 Å². The number of sulfonamides is 1. The molecule has 1 amide bonds. The van der Waals surface area contributed by atoms with Gasteiger partial charge in [0.1, 0.15) is 4.90 Å². The molecule has 0 saturated carbocycles. The van der Waals surface area contributed by atoms with Gasteiger partial charge in [0.15, 0.2) is 6.10 Å². The molecule has 25 heavy (non-hydrogen) atoms. The molecular weight excluding hydrogens is 368 g/mol. The van der Waals surface area contributed by atoms with Gasteiger partial charge in [-0.3, -0.25) is 4.79 Å². The number of hydrogen-bond donors (Lipinski definition) is 1. The number of amides is 1. The number of hydrogen-bond acceptors (Lipinski definition) is 5. The van der Waals surface area contributed by atoms with E-state index in [-0.39, 0.29) is 15.6 Å². The highest BCUT2D eigenvalue weighted by Crippen LogP contribution is 2.26. The van der Waals surface area contributed by atoms with Crippen LogP contribution in [0.15, 0.2) is 35.2 Å². The van der Waals surface area contributed by atoms with Gasteiger partial charge in [-0.1, -0.05) is 24.6 Å². The second-order valence-corrected chi connectivity index (χ2v) is 7.84. The Morgan fingerprint density at radius 3 is 2.56 bits per heavy atom. The molecule has 0 saturated heterocycles. The van der Waals surface area contributed by atoms with E-state index < -0.39 is 28.0 Å². The molecule has 7 nitrogen and oxygen atoms in total. The van der Waals surface area contributed by atoms with Crippen LogP contribution in [0, 0.1) is 0 Å². The molecule has 0 aromatic heterocycles. The fourth-order valence-corrected chi connectivity index (χ4v) is 3.09. The standard InChI is InChI=1S/C16H21ClN2O5S/c1-5-6-7-15(20)24-11(2)16(21)18-12-8-9-13(17)14(10-12)25(22,23)19(3)4/h6-11H,5H2,1-4H3,(H,18,21)/b7-6+/t11-/m0/s1. The summed E-state index contributed by atoms with van der Waals surface area (Å²) in [6.45, 7) is 3.28. The molecule has 138 valence electrons. The van der Waals surface area contributed by atoms with Crippen LogP contribution in [-0.2, 0) is 24.3 Å². The van der Waals surface area contributed by atoms with Gasteiger partial charge in [-0.15, -0.1) is 0 Å². The highest BCUT2D eigenvalue weighted by molar-refractivity contribution is 7.89. The van der Waals surface area contributed by atoms with Crippen LogP contribution in [0.3, 0.4) is 0 Å². The Hall–Kier alpha value is -1.90. The number of anilines is 1. The van der Waals surface area contributed by atoms with E-state index in [9.17, 15) is 18.0 Å². The van der Waals surface area contributed by atoms with E-state index in [0.717, 1.165) is 4.31 Å². The van der Waals surface area contributed by atoms with Crippen LogP contribution in [0.5, 0.6) is 0 Å². The molecule has 0 radical (unpaired) electrons. The normalized spacial score (nSPS) is 13.0. The summed E-state index contributed by atoms with van der Waals surface area (Å²) in [4.78, 5) is 23.4. The van der Waals surface area contributed by atoms with Gasteiger partial charge in [0, 0.05) is 25.9 Å². The van der Waals surface area contributed by atoms with Crippen molar-refractivity contribution >= 4 is 39.2 Å². The highest BCUT2D eigenvalue weighted by Gasteiger charge is 2.22. The van der Waals surface area contributed by atoms with Crippen molar-refractivity contribution < 1.29 is 22.7 Å². The third-order valence-corrected chi connectivity index (χ3v) is 5.41. The zero-order valence-electron chi connectivity index (χ0n) is 14.4. The summed E-state index contributed by atoms with van der Waals surface area (Å²) in [5.74, 6) is -1.22. The van der Waals surface area contributed by atoms with Crippen molar-refractivity contribution in [2.24, 2.45) is 0 Å². The molecule has 1 N–H and O–H groups in total. The van der Waals surface area contributed by atoms with Gasteiger partial charge < -0.3 is 10.1 Å². The van der Waals surface area contributed by atoms with Gasteiger partial charge in [0.05, 0.1) is 5.02 Å². The van der Waals surface area contributed by atoms with Crippen molar-refractivity contribution in [1.29, 1.82) is 0 Å². The van der Waals surface area contributed by atoms with Crippen LogP contribution < -0.4 is 5.32 Å². The van der Waals surface area contributed by atoms with Crippen molar-refractivity contribution in [3.05, 3.63) is 35.4 Å². The summed E-state index contributed by atoms with van der Waals surface area (Å²) in [6, 6.07) is 4.08. The fourth-order valence-electron chi connectivity index (χ4n) is 1.70. The molecular formula is C16H21ClN2O5S. The number of rotatable bonds is 7. The molecule has 0 aliphatic heterocycles. The van der Waals surface area contributed by atoms with Gasteiger partial charge in [0.2, 0.25) is 10.0 Å². The molecule has 1 aromatic carbocycles. The Balaban J connectivity index is 2.92. The van der Waals surface area contributed by atoms with E-state index in [1.54, 1.807) is 6.08 Å². The summed E-state index contributed by atoms with van der Waals surface area (Å²) < 4.78 is 30.4. The molecule has 1 aromatic rings. The monoisotopic (exact) mass is 388 g/mol. The third-order valence-electron chi connectivity index (χ3n) is 3.11. The molecule has 0 unspecified atom stereocenters. The second-order valence-electron chi connectivity index (χ2n) is 5.31. The molecule has 0 aliphatic carbocycles. The first-order valence-corrected chi connectivity index (χ1v) is 9.31. The quantitative estimate of drug-likeness (QED) is 0.572. The Morgan fingerprint density at radius 1 is 1.36 bits per heavy atom. The Morgan fingerprint density at radius 2 is 2.00 bits per heavy atom. The van der Waals surface area contributed by atoms with Crippen molar-refractivity contribution in [1.82, 2.24) is 4.31 Å². The molecule has 1 atom stereocenters. The zero-order chi connectivity index (χ0) is 19.2. The minimum atomic E-state index is -3.76. The van der Waals surface area contributed by atoms with Crippen LogP contribution >= 0.6 is 11.6 Å². The largest absolute Gasteiger partial charge is 0.449 e. The minimum absolute atomic E-state index is 0.0379. The zero-order valence-corrected chi connectivity index (χ0v) is 16.0. The predicted molar refractivity (Wildman–Crippen MR) is 95.9 cm³/mol.